The van der Waals surface area contributed by atoms with Gasteiger partial charge >= 0.3 is 11.8 Å². The highest BCUT2D eigenvalue weighted by Crippen LogP contribution is 2.16. The lowest BCUT2D eigenvalue weighted by Gasteiger charge is -2.10. The second kappa shape index (κ2) is 7.38. The van der Waals surface area contributed by atoms with Crippen LogP contribution in [-0.4, -0.2) is 31.0 Å². The molecule has 2 amide bonds. The first kappa shape index (κ1) is 15.0. The van der Waals surface area contributed by atoms with Gasteiger partial charge in [0.2, 0.25) is 0 Å². The highest BCUT2D eigenvalue weighted by molar-refractivity contribution is 6.39. The maximum atomic E-state index is 11.5. The molecule has 0 radical (unpaired) electrons. The van der Waals surface area contributed by atoms with Crippen molar-refractivity contribution in [2.75, 3.05) is 18.4 Å². The quantitative estimate of drug-likeness (QED) is 0.675. The fourth-order valence-corrected chi connectivity index (χ4v) is 1.34. The van der Waals surface area contributed by atoms with E-state index in [1.165, 1.54) is 0 Å². The van der Waals surface area contributed by atoms with Gasteiger partial charge in [-0.05, 0) is 38.1 Å². The number of nitrogens with two attached hydrogens (primary N) is 1. The number of amides is 2. The minimum absolute atomic E-state index is 0.0856. The van der Waals surface area contributed by atoms with Crippen LogP contribution in [0, 0.1) is 0 Å². The van der Waals surface area contributed by atoms with Crippen LogP contribution in [0.25, 0.3) is 0 Å². The molecule has 1 rings (SSSR count). The predicted molar refractivity (Wildman–Crippen MR) is 72.9 cm³/mol. The van der Waals surface area contributed by atoms with E-state index < -0.39 is 11.8 Å². The lowest BCUT2D eigenvalue weighted by Crippen LogP contribution is -2.37. The van der Waals surface area contributed by atoms with Crippen molar-refractivity contribution in [1.29, 1.82) is 0 Å². The monoisotopic (exact) mass is 265 g/mol. The molecular formula is C13H19N3O3. The molecule has 0 spiro atoms. The molecule has 0 aliphatic heterocycles. The number of carbonyl (C=O) groups excluding carboxylic acids is 2. The second-order valence-electron chi connectivity index (χ2n) is 4.19. The molecule has 0 heterocycles. The summed E-state index contributed by atoms with van der Waals surface area (Å²) >= 11 is 0. The van der Waals surface area contributed by atoms with E-state index in [4.69, 9.17) is 10.5 Å². The van der Waals surface area contributed by atoms with E-state index in [2.05, 4.69) is 10.6 Å². The Kier molecular flexibility index (Phi) is 5.81. The van der Waals surface area contributed by atoms with Gasteiger partial charge < -0.3 is 21.1 Å². The minimum Gasteiger partial charge on any atom is -0.491 e. The van der Waals surface area contributed by atoms with E-state index in [0.717, 1.165) is 0 Å². The molecule has 6 heteroatoms. The average molecular weight is 265 g/mol. The molecule has 19 heavy (non-hydrogen) atoms. The van der Waals surface area contributed by atoms with Crippen molar-refractivity contribution in [3.05, 3.63) is 24.3 Å². The lowest BCUT2D eigenvalue weighted by molar-refractivity contribution is -0.136. The SMILES string of the molecule is CC(C)Oc1ccc(NC(=O)C(=O)NCCN)cc1. The van der Waals surface area contributed by atoms with Crippen LogP contribution >= 0.6 is 0 Å². The Hall–Kier alpha value is -2.08. The molecular weight excluding hydrogens is 246 g/mol. The Morgan fingerprint density at radius 2 is 1.84 bits per heavy atom. The van der Waals surface area contributed by atoms with Crippen LogP contribution in [0.4, 0.5) is 5.69 Å². The van der Waals surface area contributed by atoms with Gasteiger partial charge in [0.1, 0.15) is 5.75 Å². The Bertz CT molecular complexity index is 429. The van der Waals surface area contributed by atoms with Gasteiger partial charge in [0, 0.05) is 18.8 Å². The van der Waals surface area contributed by atoms with Gasteiger partial charge in [-0.25, -0.2) is 0 Å². The number of benzene rings is 1. The predicted octanol–water partition coefficient (Wildman–Crippen LogP) is 0.487. The maximum absolute atomic E-state index is 11.5. The zero-order valence-electron chi connectivity index (χ0n) is 11.1. The molecule has 0 fully saturated rings. The van der Waals surface area contributed by atoms with Crippen LogP contribution in [0.15, 0.2) is 24.3 Å². The van der Waals surface area contributed by atoms with E-state index in [9.17, 15) is 9.59 Å². The number of rotatable bonds is 5. The van der Waals surface area contributed by atoms with Crippen molar-refractivity contribution in [3.8, 4) is 5.75 Å². The summed E-state index contributed by atoms with van der Waals surface area (Å²) < 4.78 is 5.47. The normalized spacial score (nSPS) is 10.1. The third-order valence-corrected chi connectivity index (χ3v) is 2.12. The van der Waals surface area contributed by atoms with E-state index in [0.29, 0.717) is 18.0 Å². The summed E-state index contributed by atoms with van der Waals surface area (Å²) in [6.45, 7) is 4.42. The van der Waals surface area contributed by atoms with Crippen LogP contribution in [0.5, 0.6) is 5.75 Å². The van der Waals surface area contributed by atoms with Gasteiger partial charge in [-0.3, -0.25) is 9.59 Å². The summed E-state index contributed by atoms with van der Waals surface area (Å²) in [4.78, 5) is 22.8. The van der Waals surface area contributed by atoms with E-state index >= 15 is 0 Å². The number of carbonyl (C=O) groups is 2. The van der Waals surface area contributed by atoms with Crippen molar-refractivity contribution in [3.63, 3.8) is 0 Å². The fourth-order valence-electron chi connectivity index (χ4n) is 1.34. The molecule has 6 nitrogen and oxygen atoms in total. The molecule has 1 aromatic rings. The van der Waals surface area contributed by atoms with Gasteiger partial charge in [-0.15, -0.1) is 0 Å². The second-order valence-corrected chi connectivity index (χ2v) is 4.19. The fraction of sp³-hybridized carbons (Fsp3) is 0.385. The lowest BCUT2D eigenvalue weighted by atomic mass is 10.3. The molecule has 0 saturated heterocycles. The first-order chi connectivity index (χ1) is 9.02. The highest BCUT2D eigenvalue weighted by atomic mass is 16.5. The molecule has 0 atom stereocenters. The smallest absolute Gasteiger partial charge is 0.313 e. The van der Waals surface area contributed by atoms with Gasteiger partial charge in [-0.2, -0.15) is 0 Å². The number of nitrogens with one attached hydrogen (secondary N) is 2. The Balaban J connectivity index is 2.53. The standard InChI is InChI=1S/C13H19N3O3/c1-9(2)19-11-5-3-10(4-6-11)16-13(18)12(17)15-8-7-14/h3-6,9H,7-8,14H2,1-2H3,(H,15,17)(H,16,18). The first-order valence-corrected chi connectivity index (χ1v) is 6.09. The topological polar surface area (TPSA) is 93.4 Å². The third kappa shape index (κ3) is 5.39. The zero-order valence-corrected chi connectivity index (χ0v) is 11.1. The van der Waals surface area contributed by atoms with Gasteiger partial charge in [0.05, 0.1) is 6.10 Å². The van der Waals surface area contributed by atoms with Gasteiger partial charge in [0.15, 0.2) is 0 Å². The summed E-state index contributed by atoms with van der Waals surface area (Å²) in [6, 6.07) is 6.80. The largest absolute Gasteiger partial charge is 0.491 e. The molecule has 104 valence electrons. The molecule has 0 unspecified atom stereocenters. The number of hydrogen-bond acceptors (Lipinski definition) is 4. The van der Waals surface area contributed by atoms with Gasteiger partial charge in [0.25, 0.3) is 0 Å². The van der Waals surface area contributed by atoms with Crippen molar-refractivity contribution in [2.24, 2.45) is 5.73 Å². The molecule has 1 aromatic carbocycles. The van der Waals surface area contributed by atoms with Gasteiger partial charge in [-0.1, -0.05) is 0 Å². The van der Waals surface area contributed by atoms with E-state index in [1.54, 1.807) is 24.3 Å². The number of ether oxygens (including phenoxy) is 1. The molecule has 0 saturated carbocycles. The summed E-state index contributed by atoms with van der Waals surface area (Å²) in [5, 5.41) is 4.87. The average Bonchev–Trinajstić information content (AvgIpc) is 2.37. The van der Waals surface area contributed by atoms with Crippen LogP contribution < -0.4 is 21.1 Å². The molecule has 4 N–H and O–H groups in total. The van der Waals surface area contributed by atoms with Crippen molar-refractivity contribution in [2.45, 2.75) is 20.0 Å². The van der Waals surface area contributed by atoms with Crippen molar-refractivity contribution >= 4 is 17.5 Å². The zero-order chi connectivity index (χ0) is 14.3. The summed E-state index contributed by atoms with van der Waals surface area (Å²) in [7, 11) is 0. The summed E-state index contributed by atoms with van der Waals surface area (Å²) in [6.07, 6.45) is 0.0856. The van der Waals surface area contributed by atoms with Crippen LogP contribution in [-0.2, 0) is 9.59 Å². The Morgan fingerprint density at radius 3 is 2.37 bits per heavy atom. The van der Waals surface area contributed by atoms with Crippen LogP contribution in [0.2, 0.25) is 0 Å². The van der Waals surface area contributed by atoms with Crippen molar-refractivity contribution < 1.29 is 14.3 Å². The first-order valence-electron chi connectivity index (χ1n) is 6.09. The minimum atomic E-state index is -0.717. The molecule has 0 aliphatic rings. The van der Waals surface area contributed by atoms with Crippen LogP contribution in [0.1, 0.15) is 13.8 Å². The summed E-state index contributed by atoms with van der Waals surface area (Å²) in [5.74, 6) is -0.709. The number of anilines is 1. The Morgan fingerprint density at radius 1 is 1.21 bits per heavy atom. The molecule has 0 aromatic heterocycles. The van der Waals surface area contributed by atoms with Crippen LogP contribution in [0.3, 0.4) is 0 Å². The molecule has 0 bridgehead atoms. The van der Waals surface area contributed by atoms with E-state index in [-0.39, 0.29) is 12.6 Å². The Labute approximate surface area is 112 Å². The molecule has 0 aliphatic carbocycles. The third-order valence-electron chi connectivity index (χ3n) is 2.12. The highest BCUT2D eigenvalue weighted by Gasteiger charge is 2.12. The van der Waals surface area contributed by atoms with E-state index in [1.807, 2.05) is 13.8 Å². The summed E-state index contributed by atoms with van der Waals surface area (Å²) in [5.41, 5.74) is 5.76. The van der Waals surface area contributed by atoms with Crippen molar-refractivity contribution in [1.82, 2.24) is 5.32 Å². The maximum Gasteiger partial charge on any atom is 0.313 e. The number of hydrogen-bond donors (Lipinski definition) is 3.